The fourth-order valence-corrected chi connectivity index (χ4v) is 2.01. The van der Waals surface area contributed by atoms with Crippen LogP contribution in [0.15, 0.2) is 21.4 Å². The van der Waals surface area contributed by atoms with E-state index in [0.717, 1.165) is 0 Å². The van der Waals surface area contributed by atoms with Crippen LogP contribution < -0.4 is 0 Å². The Balaban J connectivity index is 2.02. The summed E-state index contributed by atoms with van der Waals surface area (Å²) in [6.07, 6.45) is 2.50. The molecule has 1 aromatic heterocycles. The van der Waals surface area contributed by atoms with Gasteiger partial charge in [-0.1, -0.05) is 0 Å². The van der Waals surface area contributed by atoms with Gasteiger partial charge in [-0.3, -0.25) is 4.79 Å². The first-order chi connectivity index (χ1) is 7.16. The first-order valence-electron chi connectivity index (χ1n) is 4.88. The van der Waals surface area contributed by atoms with Crippen molar-refractivity contribution in [1.82, 2.24) is 4.90 Å². The predicted molar refractivity (Wildman–Crippen MR) is 57.6 cm³/mol. The molecule has 1 fully saturated rings. The molecule has 1 aliphatic rings. The minimum Gasteiger partial charge on any atom is -0.457 e. The second kappa shape index (κ2) is 4.37. The van der Waals surface area contributed by atoms with Crippen LogP contribution in [0, 0.1) is 0 Å². The van der Waals surface area contributed by atoms with E-state index in [1.54, 1.807) is 11.0 Å². The molecule has 5 heteroatoms. The Labute approximate surface area is 96.0 Å². The standard InChI is InChI=1S/C10H12BrNO3/c11-9-5-7(6-15-9)10(14)12-3-1-8(13)2-4-12/h5-6,8,13H,1-4H2. The van der Waals surface area contributed by atoms with Crippen LogP contribution >= 0.6 is 15.9 Å². The molecule has 0 radical (unpaired) electrons. The van der Waals surface area contributed by atoms with Gasteiger partial charge >= 0.3 is 0 Å². The van der Waals surface area contributed by atoms with Crippen molar-refractivity contribution in [3.8, 4) is 0 Å². The minimum absolute atomic E-state index is 0.0312. The van der Waals surface area contributed by atoms with Crippen LogP contribution in [0.3, 0.4) is 0 Å². The molecule has 0 saturated carbocycles. The number of piperidine rings is 1. The zero-order valence-electron chi connectivity index (χ0n) is 8.15. The Bertz CT molecular complexity index is 355. The van der Waals surface area contributed by atoms with Crippen molar-refractivity contribution in [3.63, 3.8) is 0 Å². The molecule has 1 amide bonds. The predicted octanol–water partition coefficient (Wildman–Crippen LogP) is 1.64. The highest BCUT2D eigenvalue weighted by Crippen LogP contribution is 2.18. The molecular weight excluding hydrogens is 262 g/mol. The Hall–Kier alpha value is -0.810. The third-order valence-corrected chi connectivity index (χ3v) is 2.98. The quantitative estimate of drug-likeness (QED) is 0.847. The molecule has 0 aliphatic carbocycles. The molecule has 0 bridgehead atoms. The van der Waals surface area contributed by atoms with Crippen LogP contribution in [0.2, 0.25) is 0 Å². The molecule has 0 aromatic carbocycles. The number of likely N-dealkylation sites (tertiary alicyclic amines) is 1. The van der Waals surface area contributed by atoms with E-state index in [4.69, 9.17) is 4.42 Å². The maximum Gasteiger partial charge on any atom is 0.257 e. The number of carbonyl (C=O) groups is 1. The lowest BCUT2D eigenvalue weighted by atomic mass is 10.1. The molecule has 1 aliphatic heterocycles. The molecule has 15 heavy (non-hydrogen) atoms. The number of hydrogen-bond donors (Lipinski definition) is 1. The van der Waals surface area contributed by atoms with E-state index in [1.165, 1.54) is 6.26 Å². The number of amides is 1. The maximum absolute atomic E-state index is 11.9. The third-order valence-electron chi connectivity index (χ3n) is 2.57. The van der Waals surface area contributed by atoms with Crippen LogP contribution in [0.1, 0.15) is 23.2 Å². The van der Waals surface area contributed by atoms with Crippen molar-refractivity contribution in [2.45, 2.75) is 18.9 Å². The zero-order chi connectivity index (χ0) is 10.8. The molecule has 4 nitrogen and oxygen atoms in total. The molecule has 0 atom stereocenters. The number of hydrogen-bond acceptors (Lipinski definition) is 3. The molecule has 2 heterocycles. The molecule has 0 spiro atoms. The Morgan fingerprint density at radius 3 is 2.73 bits per heavy atom. The van der Waals surface area contributed by atoms with Crippen molar-refractivity contribution >= 4 is 21.8 Å². The Morgan fingerprint density at radius 2 is 2.20 bits per heavy atom. The summed E-state index contributed by atoms with van der Waals surface area (Å²) in [5, 5.41) is 9.32. The average molecular weight is 274 g/mol. The number of halogens is 1. The normalized spacial score (nSPS) is 18.1. The summed E-state index contributed by atoms with van der Waals surface area (Å²) >= 11 is 3.16. The zero-order valence-corrected chi connectivity index (χ0v) is 9.74. The summed E-state index contributed by atoms with van der Waals surface area (Å²) < 4.78 is 5.58. The number of rotatable bonds is 1. The van der Waals surface area contributed by atoms with Gasteiger partial charge in [0.05, 0.1) is 11.7 Å². The van der Waals surface area contributed by atoms with E-state index < -0.39 is 0 Å². The second-order valence-electron chi connectivity index (χ2n) is 3.66. The van der Waals surface area contributed by atoms with Crippen molar-refractivity contribution in [2.75, 3.05) is 13.1 Å². The molecule has 1 N–H and O–H groups in total. The average Bonchev–Trinajstić information content (AvgIpc) is 2.65. The SMILES string of the molecule is O=C(c1coc(Br)c1)N1CCC(O)CC1. The van der Waals surface area contributed by atoms with Gasteiger partial charge in [-0.15, -0.1) is 0 Å². The summed E-state index contributed by atoms with van der Waals surface area (Å²) in [4.78, 5) is 13.6. The van der Waals surface area contributed by atoms with Gasteiger partial charge in [-0.05, 0) is 28.8 Å². The van der Waals surface area contributed by atoms with E-state index >= 15 is 0 Å². The van der Waals surface area contributed by atoms with E-state index in [-0.39, 0.29) is 12.0 Å². The van der Waals surface area contributed by atoms with Crippen molar-refractivity contribution < 1.29 is 14.3 Å². The number of furan rings is 1. The van der Waals surface area contributed by atoms with Crippen LogP contribution in [0.25, 0.3) is 0 Å². The van der Waals surface area contributed by atoms with Crippen LogP contribution in [-0.2, 0) is 0 Å². The summed E-state index contributed by atoms with van der Waals surface area (Å²) in [6, 6.07) is 1.66. The molecular formula is C10H12BrNO3. The lowest BCUT2D eigenvalue weighted by Crippen LogP contribution is -2.39. The first-order valence-corrected chi connectivity index (χ1v) is 5.67. The number of carbonyl (C=O) groups excluding carboxylic acids is 1. The lowest BCUT2D eigenvalue weighted by Gasteiger charge is -2.29. The van der Waals surface area contributed by atoms with Gasteiger partial charge in [0.25, 0.3) is 5.91 Å². The van der Waals surface area contributed by atoms with E-state index in [2.05, 4.69) is 15.9 Å². The third kappa shape index (κ3) is 2.41. The monoisotopic (exact) mass is 273 g/mol. The van der Waals surface area contributed by atoms with Gasteiger partial charge in [0.1, 0.15) is 6.26 Å². The highest BCUT2D eigenvalue weighted by atomic mass is 79.9. The molecule has 2 rings (SSSR count). The summed E-state index contributed by atoms with van der Waals surface area (Å²) in [5.41, 5.74) is 0.554. The number of aliphatic hydroxyl groups excluding tert-OH is 1. The fraction of sp³-hybridized carbons (Fsp3) is 0.500. The van der Waals surface area contributed by atoms with Gasteiger partial charge in [0, 0.05) is 19.2 Å². The summed E-state index contributed by atoms with van der Waals surface area (Å²) in [5.74, 6) is -0.0312. The molecule has 82 valence electrons. The maximum atomic E-state index is 11.9. The van der Waals surface area contributed by atoms with Crippen molar-refractivity contribution in [3.05, 3.63) is 22.6 Å². The first kappa shape index (κ1) is 10.7. The highest BCUT2D eigenvalue weighted by molar-refractivity contribution is 9.10. The van der Waals surface area contributed by atoms with Gasteiger partial charge in [0.15, 0.2) is 4.67 Å². The molecule has 1 saturated heterocycles. The summed E-state index contributed by atoms with van der Waals surface area (Å²) in [7, 11) is 0. The Kier molecular flexibility index (Phi) is 3.11. The topological polar surface area (TPSA) is 53.7 Å². The largest absolute Gasteiger partial charge is 0.457 e. The van der Waals surface area contributed by atoms with E-state index in [0.29, 0.717) is 36.2 Å². The minimum atomic E-state index is -0.259. The molecule has 0 unspecified atom stereocenters. The smallest absolute Gasteiger partial charge is 0.257 e. The highest BCUT2D eigenvalue weighted by Gasteiger charge is 2.23. The van der Waals surface area contributed by atoms with Crippen LogP contribution in [-0.4, -0.2) is 35.1 Å². The number of aliphatic hydroxyl groups is 1. The van der Waals surface area contributed by atoms with Gasteiger partial charge in [-0.25, -0.2) is 0 Å². The number of nitrogens with zero attached hydrogens (tertiary/aromatic N) is 1. The Morgan fingerprint density at radius 1 is 1.53 bits per heavy atom. The second-order valence-corrected chi connectivity index (χ2v) is 4.44. The fourth-order valence-electron chi connectivity index (χ4n) is 1.67. The van der Waals surface area contributed by atoms with E-state index in [1.807, 2.05) is 0 Å². The molecule has 1 aromatic rings. The van der Waals surface area contributed by atoms with Crippen LogP contribution in [0.5, 0.6) is 0 Å². The van der Waals surface area contributed by atoms with Gasteiger partial charge in [0.2, 0.25) is 0 Å². The van der Waals surface area contributed by atoms with Gasteiger partial charge in [-0.2, -0.15) is 0 Å². The summed E-state index contributed by atoms with van der Waals surface area (Å²) in [6.45, 7) is 1.23. The lowest BCUT2D eigenvalue weighted by molar-refractivity contribution is 0.0546. The van der Waals surface area contributed by atoms with Crippen molar-refractivity contribution in [2.24, 2.45) is 0 Å². The van der Waals surface area contributed by atoms with Crippen molar-refractivity contribution in [1.29, 1.82) is 0 Å². The van der Waals surface area contributed by atoms with Gasteiger partial charge < -0.3 is 14.4 Å². The van der Waals surface area contributed by atoms with E-state index in [9.17, 15) is 9.90 Å². The van der Waals surface area contributed by atoms with Crippen LogP contribution in [0.4, 0.5) is 0 Å².